The number of hydrogen-bond acceptors (Lipinski definition) is 3. The monoisotopic (exact) mass is 258 g/mol. The summed E-state index contributed by atoms with van der Waals surface area (Å²) < 4.78 is 5.41. The first-order valence-electron chi connectivity index (χ1n) is 6.22. The van der Waals surface area contributed by atoms with Crippen molar-refractivity contribution < 1.29 is 9.21 Å². The fourth-order valence-electron chi connectivity index (χ4n) is 1.94. The molecule has 4 heteroatoms. The van der Waals surface area contributed by atoms with Crippen LogP contribution < -0.4 is 10.6 Å². The summed E-state index contributed by atoms with van der Waals surface area (Å²) in [5.41, 5.74) is 2.72. The van der Waals surface area contributed by atoms with Crippen molar-refractivity contribution in [1.29, 1.82) is 0 Å². The van der Waals surface area contributed by atoms with Crippen molar-refractivity contribution in [2.75, 3.05) is 12.4 Å². The fourth-order valence-corrected chi connectivity index (χ4v) is 1.94. The van der Waals surface area contributed by atoms with Crippen LogP contribution in [0.1, 0.15) is 27.4 Å². The number of amides is 1. The predicted octanol–water partition coefficient (Wildman–Crippen LogP) is 2.87. The van der Waals surface area contributed by atoms with Crippen LogP contribution in [0.4, 0.5) is 5.69 Å². The Balaban J connectivity index is 2.01. The number of nitrogens with one attached hydrogen (secondary N) is 2. The second-order valence-electron chi connectivity index (χ2n) is 4.47. The van der Waals surface area contributed by atoms with E-state index in [-0.39, 0.29) is 5.91 Å². The van der Waals surface area contributed by atoms with Crippen LogP contribution in [0.25, 0.3) is 0 Å². The van der Waals surface area contributed by atoms with Crippen LogP contribution in [-0.2, 0) is 6.54 Å². The molecule has 0 unspecified atom stereocenters. The average Bonchev–Trinajstić information content (AvgIpc) is 2.81. The van der Waals surface area contributed by atoms with Crippen molar-refractivity contribution in [3.63, 3.8) is 0 Å². The van der Waals surface area contributed by atoms with E-state index in [4.69, 9.17) is 4.42 Å². The number of benzene rings is 1. The number of rotatable bonds is 4. The normalized spacial score (nSPS) is 10.3. The molecule has 2 N–H and O–H groups in total. The minimum absolute atomic E-state index is 0.0974. The second kappa shape index (κ2) is 5.61. The van der Waals surface area contributed by atoms with Gasteiger partial charge >= 0.3 is 0 Å². The van der Waals surface area contributed by atoms with Crippen molar-refractivity contribution in [3.8, 4) is 0 Å². The highest BCUT2D eigenvalue weighted by atomic mass is 16.3. The Hall–Kier alpha value is -2.23. The van der Waals surface area contributed by atoms with Gasteiger partial charge in [-0.3, -0.25) is 4.79 Å². The van der Waals surface area contributed by atoms with Gasteiger partial charge in [0.25, 0.3) is 5.91 Å². The van der Waals surface area contributed by atoms with E-state index in [1.807, 2.05) is 51.2 Å². The summed E-state index contributed by atoms with van der Waals surface area (Å²) in [5, 5.41) is 5.92. The highest BCUT2D eigenvalue weighted by Gasteiger charge is 2.08. The molecule has 1 amide bonds. The molecule has 2 aromatic rings. The molecule has 0 saturated heterocycles. The number of aryl methyl sites for hydroxylation is 2. The van der Waals surface area contributed by atoms with Gasteiger partial charge < -0.3 is 15.1 Å². The van der Waals surface area contributed by atoms with Gasteiger partial charge in [-0.25, -0.2) is 0 Å². The van der Waals surface area contributed by atoms with Gasteiger partial charge in [-0.15, -0.1) is 0 Å². The molecule has 0 saturated carbocycles. The van der Waals surface area contributed by atoms with Crippen LogP contribution in [-0.4, -0.2) is 13.0 Å². The molecule has 100 valence electrons. The first-order chi connectivity index (χ1) is 9.10. The maximum Gasteiger partial charge on any atom is 0.251 e. The molecule has 1 heterocycles. The average molecular weight is 258 g/mol. The third-order valence-electron chi connectivity index (χ3n) is 2.98. The summed E-state index contributed by atoms with van der Waals surface area (Å²) in [6, 6.07) is 9.33. The Bertz CT molecular complexity index is 588. The van der Waals surface area contributed by atoms with E-state index in [2.05, 4.69) is 10.6 Å². The molecule has 0 fully saturated rings. The van der Waals surface area contributed by atoms with Crippen LogP contribution in [0.3, 0.4) is 0 Å². The number of anilines is 1. The van der Waals surface area contributed by atoms with Gasteiger partial charge in [0.05, 0.1) is 6.54 Å². The minimum Gasteiger partial charge on any atom is -0.465 e. The molecule has 1 aromatic heterocycles. The zero-order valence-corrected chi connectivity index (χ0v) is 11.4. The molecule has 2 rings (SSSR count). The highest BCUT2D eigenvalue weighted by molar-refractivity contribution is 5.94. The Morgan fingerprint density at radius 1 is 1.21 bits per heavy atom. The van der Waals surface area contributed by atoms with Crippen LogP contribution in [0.2, 0.25) is 0 Å². The van der Waals surface area contributed by atoms with Gasteiger partial charge in [0.15, 0.2) is 0 Å². The van der Waals surface area contributed by atoms with Crippen LogP contribution in [0, 0.1) is 13.8 Å². The topological polar surface area (TPSA) is 54.3 Å². The highest BCUT2D eigenvalue weighted by Crippen LogP contribution is 2.15. The zero-order valence-electron chi connectivity index (χ0n) is 11.4. The van der Waals surface area contributed by atoms with Gasteiger partial charge in [-0.05, 0) is 49.7 Å². The van der Waals surface area contributed by atoms with Crippen molar-refractivity contribution in [2.45, 2.75) is 20.4 Å². The Kier molecular flexibility index (Phi) is 3.90. The number of carbonyl (C=O) groups excluding carboxylic acids is 1. The van der Waals surface area contributed by atoms with E-state index >= 15 is 0 Å². The quantitative estimate of drug-likeness (QED) is 0.886. The molecule has 1 aromatic carbocycles. The van der Waals surface area contributed by atoms with Crippen molar-refractivity contribution in [1.82, 2.24) is 5.32 Å². The standard InChI is InChI=1S/C15H18N2O2/c1-10-8-12(5-7-14(10)16-3)15(18)17-9-13-6-4-11(2)19-13/h4-8,16H,9H2,1-3H3,(H,17,18). The second-order valence-corrected chi connectivity index (χ2v) is 4.47. The summed E-state index contributed by atoms with van der Waals surface area (Å²) in [6.07, 6.45) is 0. The molecule has 0 spiro atoms. The summed E-state index contributed by atoms with van der Waals surface area (Å²) >= 11 is 0. The lowest BCUT2D eigenvalue weighted by Crippen LogP contribution is -2.22. The number of carbonyl (C=O) groups is 1. The van der Waals surface area contributed by atoms with Crippen molar-refractivity contribution >= 4 is 11.6 Å². The summed E-state index contributed by atoms with van der Waals surface area (Å²) in [7, 11) is 1.86. The molecule has 0 aliphatic heterocycles. The van der Waals surface area contributed by atoms with Crippen molar-refractivity contribution in [2.24, 2.45) is 0 Å². The molecule has 0 aliphatic carbocycles. The zero-order chi connectivity index (χ0) is 13.8. The lowest BCUT2D eigenvalue weighted by molar-refractivity contribution is 0.0948. The van der Waals surface area contributed by atoms with E-state index < -0.39 is 0 Å². The maximum absolute atomic E-state index is 12.0. The van der Waals surface area contributed by atoms with E-state index in [1.165, 1.54) is 0 Å². The Labute approximate surface area is 112 Å². The third-order valence-corrected chi connectivity index (χ3v) is 2.98. The van der Waals surface area contributed by atoms with Crippen LogP contribution in [0.5, 0.6) is 0 Å². The molecular weight excluding hydrogens is 240 g/mol. The summed E-state index contributed by atoms with van der Waals surface area (Å²) in [4.78, 5) is 12.0. The minimum atomic E-state index is -0.0974. The first kappa shape index (κ1) is 13.2. The van der Waals surface area contributed by atoms with E-state index in [1.54, 1.807) is 0 Å². The van der Waals surface area contributed by atoms with E-state index in [0.717, 1.165) is 22.8 Å². The first-order valence-corrected chi connectivity index (χ1v) is 6.22. The van der Waals surface area contributed by atoms with Gasteiger partial charge in [0, 0.05) is 18.3 Å². The third kappa shape index (κ3) is 3.16. The predicted molar refractivity (Wildman–Crippen MR) is 75.3 cm³/mol. The summed E-state index contributed by atoms with van der Waals surface area (Å²) in [6.45, 7) is 4.25. The van der Waals surface area contributed by atoms with Gasteiger partial charge in [0.2, 0.25) is 0 Å². The lowest BCUT2D eigenvalue weighted by Gasteiger charge is -2.08. The molecule has 0 atom stereocenters. The fraction of sp³-hybridized carbons (Fsp3) is 0.267. The molecule has 0 radical (unpaired) electrons. The Morgan fingerprint density at radius 2 is 2.00 bits per heavy atom. The summed E-state index contributed by atoms with van der Waals surface area (Å²) in [5.74, 6) is 1.51. The maximum atomic E-state index is 12.0. The number of hydrogen-bond donors (Lipinski definition) is 2. The van der Waals surface area contributed by atoms with Crippen LogP contribution in [0.15, 0.2) is 34.7 Å². The molecule has 0 aliphatic rings. The van der Waals surface area contributed by atoms with Gasteiger partial charge in [-0.1, -0.05) is 0 Å². The molecule has 4 nitrogen and oxygen atoms in total. The van der Waals surface area contributed by atoms with E-state index in [0.29, 0.717) is 12.1 Å². The van der Waals surface area contributed by atoms with Crippen LogP contribution >= 0.6 is 0 Å². The van der Waals surface area contributed by atoms with Gasteiger partial charge in [0.1, 0.15) is 11.5 Å². The lowest BCUT2D eigenvalue weighted by atomic mass is 10.1. The SMILES string of the molecule is CNc1ccc(C(=O)NCc2ccc(C)o2)cc1C. The molecular formula is C15H18N2O2. The molecule has 0 bridgehead atoms. The smallest absolute Gasteiger partial charge is 0.251 e. The Morgan fingerprint density at radius 3 is 2.58 bits per heavy atom. The van der Waals surface area contributed by atoms with Gasteiger partial charge in [-0.2, -0.15) is 0 Å². The van der Waals surface area contributed by atoms with Crippen molar-refractivity contribution in [3.05, 3.63) is 53.0 Å². The van der Waals surface area contributed by atoms with E-state index in [9.17, 15) is 4.79 Å². The molecule has 19 heavy (non-hydrogen) atoms. The largest absolute Gasteiger partial charge is 0.465 e. The number of furan rings is 1.